The molecule has 1 saturated heterocycles. The number of carbonyl (C=O) groups is 2. The van der Waals surface area contributed by atoms with Crippen LogP contribution in [0.4, 0.5) is 4.79 Å². The SMILES string of the molecule is CN(C)CCN1CCN(C(=O)NCCC(O)C(=O)O)CC1. The lowest BCUT2D eigenvalue weighted by atomic mass is 10.2. The van der Waals surface area contributed by atoms with Crippen molar-refractivity contribution in [1.82, 2.24) is 20.0 Å². The molecule has 0 radical (unpaired) electrons. The fourth-order valence-electron chi connectivity index (χ4n) is 2.07. The monoisotopic (exact) mass is 302 g/mol. The number of nitrogens with one attached hydrogen (secondary N) is 1. The molecule has 8 heteroatoms. The van der Waals surface area contributed by atoms with E-state index in [9.17, 15) is 9.59 Å². The maximum absolute atomic E-state index is 11.9. The number of nitrogens with zero attached hydrogens (tertiary/aromatic N) is 3. The quantitative estimate of drug-likeness (QED) is 0.541. The van der Waals surface area contributed by atoms with E-state index in [1.54, 1.807) is 4.90 Å². The third-order valence-electron chi connectivity index (χ3n) is 3.50. The molecule has 0 saturated carbocycles. The Balaban J connectivity index is 2.18. The van der Waals surface area contributed by atoms with E-state index in [2.05, 4.69) is 15.1 Å². The number of aliphatic hydroxyl groups is 1. The van der Waals surface area contributed by atoms with Crippen LogP contribution in [0, 0.1) is 0 Å². The molecule has 21 heavy (non-hydrogen) atoms. The molecule has 122 valence electrons. The zero-order chi connectivity index (χ0) is 15.8. The van der Waals surface area contributed by atoms with Gasteiger partial charge in [-0.3, -0.25) is 4.90 Å². The highest BCUT2D eigenvalue weighted by molar-refractivity contribution is 5.74. The number of hydrogen-bond acceptors (Lipinski definition) is 5. The van der Waals surface area contributed by atoms with Crippen LogP contribution in [0.3, 0.4) is 0 Å². The maximum atomic E-state index is 11.9. The topological polar surface area (TPSA) is 96.4 Å². The van der Waals surface area contributed by atoms with Crippen molar-refractivity contribution < 1.29 is 19.8 Å². The van der Waals surface area contributed by atoms with Crippen molar-refractivity contribution in [3.8, 4) is 0 Å². The van der Waals surface area contributed by atoms with Gasteiger partial charge in [0.25, 0.3) is 0 Å². The molecule has 0 aromatic carbocycles. The van der Waals surface area contributed by atoms with Crippen LogP contribution >= 0.6 is 0 Å². The van der Waals surface area contributed by atoms with Gasteiger partial charge in [0.1, 0.15) is 0 Å². The molecular formula is C13H26N4O4. The highest BCUT2D eigenvalue weighted by Crippen LogP contribution is 2.02. The number of amides is 2. The van der Waals surface area contributed by atoms with E-state index in [4.69, 9.17) is 10.2 Å². The number of rotatable bonds is 7. The van der Waals surface area contributed by atoms with Gasteiger partial charge in [-0.05, 0) is 14.1 Å². The Morgan fingerprint density at radius 1 is 1.24 bits per heavy atom. The molecule has 1 atom stereocenters. The van der Waals surface area contributed by atoms with Crippen LogP contribution in [0.25, 0.3) is 0 Å². The van der Waals surface area contributed by atoms with Gasteiger partial charge in [0.15, 0.2) is 6.10 Å². The van der Waals surface area contributed by atoms with Gasteiger partial charge in [-0.1, -0.05) is 0 Å². The summed E-state index contributed by atoms with van der Waals surface area (Å²) in [5, 5.41) is 20.3. The van der Waals surface area contributed by atoms with Crippen LogP contribution in [0.15, 0.2) is 0 Å². The van der Waals surface area contributed by atoms with Crippen LogP contribution in [0.5, 0.6) is 0 Å². The molecule has 2 amide bonds. The Bertz CT molecular complexity index is 343. The zero-order valence-corrected chi connectivity index (χ0v) is 12.8. The molecule has 1 aliphatic rings. The van der Waals surface area contributed by atoms with E-state index in [1.807, 2.05) is 14.1 Å². The van der Waals surface area contributed by atoms with Crippen LogP contribution in [0.1, 0.15) is 6.42 Å². The van der Waals surface area contributed by atoms with E-state index >= 15 is 0 Å². The number of urea groups is 1. The standard InChI is InChI=1S/C13H26N4O4/c1-15(2)5-6-16-7-9-17(10-8-16)13(21)14-4-3-11(18)12(19)20/h11,18H,3-10H2,1-2H3,(H,14,21)(H,19,20). The first kappa shape index (κ1) is 17.7. The summed E-state index contributed by atoms with van der Waals surface area (Å²) in [6.45, 7) is 5.18. The highest BCUT2D eigenvalue weighted by Gasteiger charge is 2.21. The van der Waals surface area contributed by atoms with E-state index in [0.717, 1.165) is 26.2 Å². The second-order valence-electron chi connectivity index (χ2n) is 5.51. The molecule has 0 aromatic rings. The average molecular weight is 302 g/mol. The van der Waals surface area contributed by atoms with Crippen molar-refractivity contribution in [2.75, 3.05) is 59.9 Å². The van der Waals surface area contributed by atoms with Gasteiger partial charge >= 0.3 is 12.0 Å². The number of carboxylic acid groups (broad SMARTS) is 1. The minimum Gasteiger partial charge on any atom is -0.479 e. The predicted molar refractivity (Wildman–Crippen MR) is 78.2 cm³/mol. The number of likely N-dealkylation sites (N-methyl/N-ethyl adjacent to an activating group) is 1. The number of hydrogen-bond donors (Lipinski definition) is 3. The lowest BCUT2D eigenvalue weighted by Gasteiger charge is -2.35. The smallest absolute Gasteiger partial charge is 0.332 e. The van der Waals surface area contributed by atoms with Crippen molar-refractivity contribution in [1.29, 1.82) is 0 Å². The third kappa shape index (κ3) is 6.74. The molecule has 1 fully saturated rings. The van der Waals surface area contributed by atoms with Crippen LogP contribution in [0.2, 0.25) is 0 Å². The van der Waals surface area contributed by atoms with Crippen molar-refractivity contribution in [2.45, 2.75) is 12.5 Å². The molecule has 1 heterocycles. The summed E-state index contributed by atoms with van der Waals surface area (Å²) in [5.41, 5.74) is 0. The summed E-state index contributed by atoms with van der Waals surface area (Å²) < 4.78 is 0. The van der Waals surface area contributed by atoms with Crippen molar-refractivity contribution in [2.24, 2.45) is 0 Å². The van der Waals surface area contributed by atoms with Crippen molar-refractivity contribution >= 4 is 12.0 Å². The first-order chi connectivity index (χ1) is 9.90. The zero-order valence-electron chi connectivity index (χ0n) is 12.8. The molecule has 0 aromatic heterocycles. The van der Waals surface area contributed by atoms with Gasteiger partial charge in [0, 0.05) is 52.2 Å². The fourth-order valence-corrected chi connectivity index (χ4v) is 2.07. The van der Waals surface area contributed by atoms with Crippen molar-refractivity contribution in [3.63, 3.8) is 0 Å². The van der Waals surface area contributed by atoms with Gasteiger partial charge in [0.05, 0.1) is 0 Å². The highest BCUT2D eigenvalue weighted by atomic mass is 16.4. The normalized spacial score (nSPS) is 17.8. The van der Waals surface area contributed by atoms with E-state index in [-0.39, 0.29) is 19.0 Å². The van der Waals surface area contributed by atoms with Crippen LogP contribution in [-0.2, 0) is 4.79 Å². The van der Waals surface area contributed by atoms with Gasteiger partial charge < -0.3 is 25.3 Å². The molecule has 0 bridgehead atoms. The van der Waals surface area contributed by atoms with E-state index in [1.165, 1.54) is 0 Å². The molecule has 1 rings (SSSR count). The number of aliphatic carboxylic acids is 1. The fraction of sp³-hybridized carbons (Fsp3) is 0.846. The Morgan fingerprint density at radius 3 is 2.38 bits per heavy atom. The molecule has 3 N–H and O–H groups in total. The second kappa shape index (κ2) is 8.81. The molecular weight excluding hydrogens is 276 g/mol. The molecule has 1 aliphatic heterocycles. The van der Waals surface area contributed by atoms with Crippen LogP contribution < -0.4 is 5.32 Å². The summed E-state index contributed by atoms with van der Waals surface area (Å²) in [6, 6.07) is -0.195. The Hall–Kier alpha value is -1.38. The average Bonchev–Trinajstić information content (AvgIpc) is 2.45. The van der Waals surface area contributed by atoms with Crippen LogP contribution in [-0.4, -0.2) is 103 Å². The Morgan fingerprint density at radius 2 is 1.86 bits per heavy atom. The third-order valence-corrected chi connectivity index (χ3v) is 3.50. The lowest BCUT2D eigenvalue weighted by molar-refractivity contribution is -0.146. The largest absolute Gasteiger partial charge is 0.479 e. The molecule has 1 unspecified atom stereocenters. The number of carboxylic acids is 1. The van der Waals surface area contributed by atoms with Gasteiger partial charge in [-0.2, -0.15) is 0 Å². The van der Waals surface area contributed by atoms with Gasteiger partial charge in [-0.25, -0.2) is 9.59 Å². The summed E-state index contributed by atoms with van der Waals surface area (Å²) in [7, 11) is 4.07. The van der Waals surface area contributed by atoms with Gasteiger partial charge in [0.2, 0.25) is 0 Å². The minimum atomic E-state index is -1.42. The van der Waals surface area contributed by atoms with E-state index in [0.29, 0.717) is 13.1 Å². The van der Waals surface area contributed by atoms with Gasteiger partial charge in [-0.15, -0.1) is 0 Å². The number of piperazine rings is 1. The summed E-state index contributed by atoms with van der Waals surface area (Å²) >= 11 is 0. The van der Waals surface area contributed by atoms with Crippen molar-refractivity contribution in [3.05, 3.63) is 0 Å². The Labute approximate surface area is 125 Å². The maximum Gasteiger partial charge on any atom is 0.332 e. The number of carbonyl (C=O) groups excluding carboxylic acids is 1. The van der Waals surface area contributed by atoms with E-state index < -0.39 is 12.1 Å². The Kier molecular flexibility index (Phi) is 7.41. The predicted octanol–water partition coefficient (Wildman–Crippen LogP) is -1.29. The number of aliphatic hydroxyl groups excluding tert-OH is 1. The first-order valence-electron chi connectivity index (χ1n) is 7.21. The summed E-state index contributed by atoms with van der Waals surface area (Å²) in [4.78, 5) is 28.5. The molecule has 0 aliphatic carbocycles. The summed E-state index contributed by atoms with van der Waals surface area (Å²) in [5.74, 6) is -1.27. The lowest BCUT2D eigenvalue weighted by Crippen LogP contribution is -2.52. The second-order valence-corrected chi connectivity index (χ2v) is 5.51. The molecule has 8 nitrogen and oxygen atoms in total. The molecule has 0 spiro atoms. The summed E-state index contributed by atoms with van der Waals surface area (Å²) in [6.07, 6.45) is -1.41. The minimum absolute atomic E-state index is 0.0177. The first-order valence-corrected chi connectivity index (χ1v) is 7.21.